The third-order valence-electron chi connectivity index (χ3n) is 20.2. The van der Waals surface area contributed by atoms with E-state index in [1.54, 1.807) is 90.1 Å². The van der Waals surface area contributed by atoms with Crippen LogP contribution in [0.5, 0.6) is 0 Å². The molecule has 0 amide bonds. The van der Waals surface area contributed by atoms with Gasteiger partial charge in [0.2, 0.25) is 0 Å². The molecule has 2 fully saturated rings. The fraction of sp³-hybridized carbons (Fsp3) is 0.488. The number of nitrogens with zero attached hydrogens (tertiary/aromatic N) is 4. The van der Waals surface area contributed by atoms with Crippen molar-refractivity contribution in [3.8, 4) is 0 Å². The standard InChI is InChI=1S/C27H37FN2O3S.C14H19FO3S.C13H17FO4S.C13H21N3.C10H12BrFO2S.C7H7BrFN/c1-5-34(32,33)17-14-22-8-9-24(18-25(22)28)21(4)26(31)11-10-23-7-6-20(3)29-27(23)30-15-12-19(2)13-16-30;1-4-19(17,18)8-7-12-5-6-13(9-14(12)15)10(2)11(3)16;1-3-19(17,18)7-6-10-4-5-11(8-12(10)14)9(2)13(15)16;1-10-5-7-16(8-6-10)13-12(9-14)4-3-11(2)15-13;1-2-15(13,14)6-5-8-3-4-9(11)7-10(8)12;8-6-2-1-5(4-10)7(9)3-6/h6-9,18-19,21H,5,10-17H2,1-4H3;5-6,9-10H,4,7-8H2,1-3H3;4-5,8-9H,3,6-7H2,1-2H3,(H,15,16);3-4,10H,5-9,14H2,1-2H3;3-4,7H,2,5-6H2,1H3;1-3H,4,10H2. The lowest BCUT2D eigenvalue weighted by Crippen LogP contribution is -2.34. The van der Waals surface area contributed by atoms with Crippen molar-refractivity contribution < 1.29 is 75.1 Å². The number of Topliss-reactive ketones (excluding diaryl/α,β-unsaturated/α-hetero) is 2. The summed E-state index contributed by atoms with van der Waals surface area (Å²) in [4.78, 5) is 49.1. The summed E-state index contributed by atoms with van der Waals surface area (Å²) in [6, 6.07) is 31.1. The molecule has 113 heavy (non-hydrogen) atoms. The van der Waals surface area contributed by atoms with Crippen molar-refractivity contribution in [2.45, 2.75) is 178 Å². The molecule has 9 rings (SSSR count). The van der Waals surface area contributed by atoms with Crippen molar-refractivity contribution in [1.82, 2.24) is 9.97 Å². The zero-order valence-corrected chi connectivity index (χ0v) is 73.4. The van der Waals surface area contributed by atoms with Crippen LogP contribution in [0.25, 0.3) is 0 Å². The van der Waals surface area contributed by atoms with Crippen LogP contribution in [-0.2, 0) is 98.9 Å². The zero-order valence-electron chi connectivity index (χ0n) is 67.0. The van der Waals surface area contributed by atoms with Gasteiger partial charge in [-0.05, 0) is 196 Å². The molecule has 0 saturated carbocycles. The topological polar surface area (TPSA) is 292 Å². The number of sulfone groups is 4. The number of aryl methyl sites for hydroxylation is 7. The Hall–Kier alpha value is -6.86. The van der Waals surface area contributed by atoms with E-state index in [2.05, 4.69) is 72.6 Å². The van der Waals surface area contributed by atoms with Crippen LogP contribution in [0.4, 0.5) is 33.6 Å². The lowest BCUT2D eigenvalue weighted by Gasteiger charge is -2.32. The van der Waals surface area contributed by atoms with E-state index in [-0.39, 0.29) is 107 Å². The fourth-order valence-electron chi connectivity index (χ4n) is 11.7. The first-order chi connectivity index (χ1) is 53.0. The number of carbonyl (C=O) groups excluding carboxylic acids is 2. The van der Waals surface area contributed by atoms with Gasteiger partial charge in [-0.1, -0.05) is 148 Å². The first kappa shape index (κ1) is 98.5. The van der Waals surface area contributed by atoms with Crippen molar-refractivity contribution in [2.24, 2.45) is 23.3 Å². The molecule has 0 aliphatic carbocycles. The number of carbonyl (C=O) groups is 3. The predicted molar refractivity (Wildman–Crippen MR) is 451 cm³/mol. The van der Waals surface area contributed by atoms with E-state index in [0.29, 0.717) is 68.4 Å². The molecule has 5 aromatic carbocycles. The van der Waals surface area contributed by atoms with E-state index in [1.807, 2.05) is 26.0 Å². The summed E-state index contributed by atoms with van der Waals surface area (Å²) in [7, 11) is -12.4. The van der Waals surface area contributed by atoms with Crippen LogP contribution in [0.2, 0.25) is 0 Å². The van der Waals surface area contributed by atoms with Crippen molar-refractivity contribution >= 4 is 100 Å². The minimum Gasteiger partial charge on any atom is -0.481 e. The molecule has 2 saturated heterocycles. The molecule has 3 atom stereocenters. The smallest absolute Gasteiger partial charge is 0.310 e. The number of benzene rings is 5. The molecule has 5 N–H and O–H groups in total. The lowest BCUT2D eigenvalue weighted by molar-refractivity contribution is -0.138. The Balaban J connectivity index is 0.000000298. The summed E-state index contributed by atoms with van der Waals surface area (Å²) in [6.07, 6.45) is 6.43. The zero-order chi connectivity index (χ0) is 84.7. The molecule has 3 unspecified atom stereocenters. The van der Waals surface area contributed by atoms with Crippen LogP contribution >= 0.6 is 31.9 Å². The molecule has 2 aliphatic rings. The van der Waals surface area contributed by atoms with E-state index >= 15 is 0 Å². The number of aliphatic carboxylic acids is 1. The van der Waals surface area contributed by atoms with Gasteiger partial charge in [0.1, 0.15) is 91.6 Å². The second-order valence-corrected chi connectivity index (χ2v) is 40.4. The van der Waals surface area contributed by atoms with Gasteiger partial charge in [0.25, 0.3) is 0 Å². The summed E-state index contributed by atoms with van der Waals surface area (Å²) < 4.78 is 161. The van der Waals surface area contributed by atoms with Crippen LogP contribution in [0.1, 0.15) is 186 Å². The van der Waals surface area contributed by atoms with E-state index in [9.17, 15) is 70.0 Å². The third-order valence-corrected chi connectivity index (χ3v) is 28.0. The van der Waals surface area contributed by atoms with Gasteiger partial charge >= 0.3 is 5.97 Å². The summed E-state index contributed by atoms with van der Waals surface area (Å²) in [6.45, 7) is 26.4. The minimum atomic E-state index is -3.15. The highest BCUT2D eigenvalue weighted by atomic mass is 79.9. The highest BCUT2D eigenvalue weighted by Gasteiger charge is 2.25. The molecule has 0 spiro atoms. The molecule has 0 bridgehead atoms. The largest absolute Gasteiger partial charge is 0.481 e. The second-order valence-electron chi connectivity index (χ2n) is 28.7. The Morgan fingerprint density at radius 3 is 1.04 bits per heavy atom. The van der Waals surface area contributed by atoms with E-state index in [1.165, 1.54) is 68.7 Å². The van der Waals surface area contributed by atoms with Crippen molar-refractivity contribution in [2.75, 3.05) is 82.0 Å². The number of halogens is 7. The number of rotatable bonds is 29. The van der Waals surface area contributed by atoms with Gasteiger partial charge in [-0.15, -0.1) is 0 Å². The SMILES string of the molecule is CCS(=O)(=O)CCc1ccc(Br)cc1F.CCS(=O)(=O)CCc1ccc(C(C)C(=O)CCc2ccc(C)nc2N2CCC(C)CC2)cc1F.CCS(=O)(=O)CCc1ccc(C(C)C(=O)O)cc1F.CCS(=O)(=O)CCc1ccc(C(C)C(C)=O)cc1F.Cc1ccc(CN)c(N2CCC(C)CC2)n1.NCc1ccc(Br)cc1F. The number of ketones is 2. The fourth-order valence-corrected chi connectivity index (χ4v) is 15.6. The van der Waals surface area contributed by atoms with Gasteiger partial charge in [0.05, 0.1) is 28.9 Å². The number of carboxylic acid groups (broad SMARTS) is 1. The minimum absolute atomic E-state index is 0.00204. The molecule has 7 aromatic rings. The average Bonchev–Trinajstić information content (AvgIpc) is 0.836. The van der Waals surface area contributed by atoms with Gasteiger partial charge in [0, 0.05) is 112 Å². The molecular formula is C84H113Br2F5N6O12S4. The van der Waals surface area contributed by atoms with Crippen molar-refractivity contribution in [3.05, 3.63) is 220 Å². The van der Waals surface area contributed by atoms with E-state index in [4.69, 9.17) is 21.6 Å². The Morgan fingerprint density at radius 2 is 0.735 bits per heavy atom. The number of hydrogen-bond acceptors (Lipinski definition) is 17. The molecular weight excluding hydrogens is 1670 g/mol. The molecule has 624 valence electrons. The number of hydrogen-bond donors (Lipinski definition) is 3. The van der Waals surface area contributed by atoms with Gasteiger partial charge in [-0.2, -0.15) is 0 Å². The Bertz CT molecular complexity index is 4660. The van der Waals surface area contributed by atoms with Crippen molar-refractivity contribution in [3.63, 3.8) is 0 Å². The Kier molecular flexibility index (Phi) is 41.3. The number of anilines is 2. The van der Waals surface area contributed by atoms with E-state index in [0.717, 1.165) is 90.0 Å². The van der Waals surface area contributed by atoms with Crippen molar-refractivity contribution in [1.29, 1.82) is 0 Å². The average molecular weight is 1780 g/mol. The highest BCUT2D eigenvalue weighted by molar-refractivity contribution is 9.10. The predicted octanol–water partition coefficient (Wildman–Crippen LogP) is 16.2. The third kappa shape index (κ3) is 34.1. The maximum Gasteiger partial charge on any atom is 0.310 e. The van der Waals surface area contributed by atoms with Crippen LogP contribution in [0, 0.1) is 54.8 Å². The summed E-state index contributed by atoms with van der Waals surface area (Å²) in [5, 5.41) is 8.84. The second kappa shape index (κ2) is 47.4. The molecule has 4 heterocycles. The monoisotopic (exact) mass is 1780 g/mol. The van der Waals surface area contributed by atoms with Gasteiger partial charge < -0.3 is 26.4 Å². The Labute approximate surface area is 684 Å². The molecule has 0 radical (unpaired) electrons. The van der Waals surface area contributed by atoms with Crippen LogP contribution in [0.3, 0.4) is 0 Å². The summed E-state index contributed by atoms with van der Waals surface area (Å²) in [5.41, 5.74) is 18.9. The van der Waals surface area contributed by atoms with Crippen LogP contribution in [0.15, 0.2) is 124 Å². The van der Waals surface area contributed by atoms with Gasteiger partial charge in [-0.3, -0.25) is 14.4 Å². The summed E-state index contributed by atoms with van der Waals surface area (Å²) >= 11 is 6.29. The number of piperidine rings is 2. The van der Waals surface area contributed by atoms with Gasteiger partial charge in [-0.25, -0.2) is 65.6 Å². The molecule has 18 nitrogen and oxygen atoms in total. The number of carboxylic acids is 1. The van der Waals surface area contributed by atoms with E-state index < -0.39 is 74.6 Å². The lowest BCUT2D eigenvalue weighted by atomic mass is 9.91. The number of pyridine rings is 2. The quantitative estimate of drug-likeness (QED) is 0.0367. The van der Waals surface area contributed by atoms with Crippen LogP contribution < -0.4 is 21.3 Å². The first-order valence-corrected chi connectivity index (χ1v) is 47.0. The highest BCUT2D eigenvalue weighted by Crippen LogP contribution is 2.30. The number of nitrogens with two attached hydrogens (primary N) is 2. The molecule has 2 aromatic heterocycles. The first-order valence-electron chi connectivity index (χ1n) is 38.1. The summed E-state index contributed by atoms with van der Waals surface area (Å²) in [5.74, 6) is -0.942. The number of aromatic nitrogens is 2. The van der Waals surface area contributed by atoms with Gasteiger partial charge in [0.15, 0.2) is 0 Å². The Morgan fingerprint density at radius 1 is 0.442 bits per heavy atom. The maximum atomic E-state index is 14.6. The molecule has 2 aliphatic heterocycles. The molecule has 29 heteroatoms. The van der Waals surface area contributed by atoms with Crippen LogP contribution in [-0.4, -0.2) is 138 Å². The maximum absolute atomic E-state index is 14.6. The normalized spacial score (nSPS) is 14.2.